The molecule has 4 rings (SSSR count). The maximum absolute atomic E-state index is 4.77. The average Bonchev–Trinajstić information content (AvgIpc) is 3.15. The van der Waals surface area contributed by atoms with E-state index in [1.165, 1.54) is 23.9 Å². The average molecular weight is 318 g/mol. The van der Waals surface area contributed by atoms with Crippen LogP contribution in [0.15, 0.2) is 42.6 Å². The molecule has 1 aliphatic heterocycles. The Bertz CT molecular complexity index is 882. The lowest BCUT2D eigenvalue weighted by molar-refractivity contribution is 0.949. The summed E-state index contributed by atoms with van der Waals surface area (Å²) in [6.07, 6.45) is 4.39. The molecule has 24 heavy (non-hydrogen) atoms. The molecule has 0 spiro atoms. The van der Waals surface area contributed by atoms with Gasteiger partial charge in [-0.2, -0.15) is 0 Å². The standard InChI is InChI=1S/C20H22N4/c1-14-12-19(24-10-3-4-11-24)16-8-7-15(13-18(16)23-14)20-17(21-2)6-5-9-22-20/h5-9,12-13,21H,3-4,10-11H2,1-2H3. The van der Waals surface area contributed by atoms with Crippen molar-refractivity contribution in [1.29, 1.82) is 0 Å². The first-order valence-electron chi connectivity index (χ1n) is 8.56. The summed E-state index contributed by atoms with van der Waals surface area (Å²) in [5, 5.41) is 4.45. The van der Waals surface area contributed by atoms with Gasteiger partial charge >= 0.3 is 0 Å². The molecule has 4 nitrogen and oxygen atoms in total. The molecular formula is C20H22N4. The van der Waals surface area contributed by atoms with Crippen molar-refractivity contribution in [3.8, 4) is 11.3 Å². The summed E-state index contributed by atoms with van der Waals surface area (Å²) in [4.78, 5) is 11.8. The number of benzene rings is 1. The van der Waals surface area contributed by atoms with Crippen molar-refractivity contribution in [2.45, 2.75) is 19.8 Å². The van der Waals surface area contributed by atoms with Crippen LogP contribution in [0.4, 0.5) is 11.4 Å². The predicted octanol–water partition coefficient (Wildman–Crippen LogP) is 4.25. The summed E-state index contributed by atoms with van der Waals surface area (Å²) in [5.74, 6) is 0. The fraction of sp³-hybridized carbons (Fsp3) is 0.300. The predicted molar refractivity (Wildman–Crippen MR) is 101 cm³/mol. The van der Waals surface area contributed by atoms with E-state index in [1.54, 1.807) is 0 Å². The zero-order chi connectivity index (χ0) is 16.5. The molecule has 1 fully saturated rings. The van der Waals surface area contributed by atoms with Gasteiger partial charge in [-0.05, 0) is 44.0 Å². The molecule has 1 N–H and O–H groups in total. The molecule has 0 unspecified atom stereocenters. The zero-order valence-corrected chi connectivity index (χ0v) is 14.2. The Kier molecular flexibility index (Phi) is 3.81. The molecule has 3 heterocycles. The molecular weight excluding hydrogens is 296 g/mol. The number of hydrogen-bond donors (Lipinski definition) is 1. The van der Waals surface area contributed by atoms with Gasteiger partial charge in [-0.3, -0.25) is 9.97 Å². The Labute approximate surface area is 142 Å². The second-order valence-electron chi connectivity index (χ2n) is 6.36. The summed E-state index contributed by atoms with van der Waals surface area (Å²) < 4.78 is 0. The van der Waals surface area contributed by atoms with Crippen LogP contribution in [0.1, 0.15) is 18.5 Å². The van der Waals surface area contributed by atoms with Crippen LogP contribution in [0, 0.1) is 6.92 Å². The van der Waals surface area contributed by atoms with Crippen molar-refractivity contribution < 1.29 is 0 Å². The summed E-state index contributed by atoms with van der Waals surface area (Å²) in [5.41, 5.74) is 6.52. The van der Waals surface area contributed by atoms with Gasteiger partial charge in [0.2, 0.25) is 0 Å². The zero-order valence-electron chi connectivity index (χ0n) is 14.2. The van der Waals surface area contributed by atoms with E-state index in [0.29, 0.717) is 0 Å². The van der Waals surface area contributed by atoms with Gasteiger partial charge in [0.15, 0.2) is 0 Å². The highest BCUT2D eigenvalue weighted by Crippen LogP contribution is 2.33. The van der Waals surface area contributed by atoms with Crippen LogP contribution in [0.5, 0.6) is 0 Å². The van der Waals surface area contributed by atoms with E-state index in [4.69, 9.17) is 4.98 Å². The largest absolute Gasteiger partial charge is 0.386 e. The van der Waals surface area contributed by atoms with Crippen molar-refractivity contribution in [2.24, 2.45) is 0 Å². The summed E-state index contributed by atoms with van der Waals surface area (Å²) in [6.45, 7) is 4.36. The van der Waals surface area contributed by atoms with Crippen LogP contribution in [0.2, 0.25) is 0 Å². The molecule has 0 atom stereocenters. The van der Waals surface area contributed by atoms with Gasteiger partial charge in [-0.25, -0.2) is 0 Å². The monoisotopic (exact) mass is 318 g/mol. The molecule has 0 bridgehead atoms. The second kappa shape index (κ2) is 6.11. The van der Waals surface area contributed by atoms with E-state index < -0.39 is 0 Å². The highest BCUT2D eigenvalue weighted by Gasteiger charge is 2.16. The van der Waals surface area contributed by atoms with E-state index >= 15 is 0 Å². The third-order valence-corrected chi connectivity index (χ3v) is 4.71. The third kappa shape index (κ3) is 2.58. The minimum Gasteiger partial charge on any atom is -0.386 e. The van der Waals surface area contributed by atoms with Crippen molar-refractivity contribution in [3.63, 3.8) is 0 Å². The first kappa shape index (κ1) is 14.9. The van der Waals surface area contributed by atoms with Crippen LogP contribution in [0.3, 0.4) is 0 Å². The maximum atomic E-state index is 4.77. The lowest BCUT2D eigenvalue weighted by atomic mass is 10.0. The van der Waals surface area contributed by atoms with Gasteiger partial charge < -0.3 is 10.2 Å². The lowest BCUT2D eigenvalue weighted by Crippen LogP contribution is -2.18. The number of aryl methyl sites for hydroxylation is 1. The molecule has 1 aromatic carbocycles. The van der Waals surface area contributed by atoms with Crippen molar-refractivity contribution in [2.75, 3.05) is 30.4 Å². The molecule has 122 valence electrons. The highest BCUT2D eigenvalue weighted by molar-refractivity contribution is 5.95. The SMILES string of the molecule is CNc1cccnc1-c1ccc2c(N3CCCC3)cc(C)nc2c1. The Hall–Kier alpha value is -2.62. The minimum absolute atomic E-state index is 0.966. The normalized spacial score (nSPS) is 14.3. The van der Waals surface area contributed by atoms with E-state index in [1.807, 2.05) is 25.4 Å². The van der Waals surface area contributed by atoms with Crippen LogP contribution in [-0.4, -0.2) is 30.1 Å². The Morgan fingerprint density at radius 3 is 2.71 bits per heavy atom. The van der Waals surface area contributed by atoms with Gasteiger partial charge in [0.05, 0.1) is 16.9 Å². The van der Waals surface area contributed by atoms with Gasteiger partial charge in [0.1, 0.15) is 0 Å². The van der Waals surface area contributed by atoms with Crippen LogP contribution < -0.4 is 10.2 Å². The molecule has 1 saturated heterocycles. The maximum Gasteiger partial charge on any atom is 0.0933 e. The molecule has 2 aromatic heterocycles. The first-order valence-corrected chi connectivity index (χ1v) is 8.56. The Morgan fingerprint density at radius 1 is 1.08 bits per heavy atom. The fourth-order valence-electron chi connectivity index (χ4n) is 3.54. The lowest BCUT2D eigenvalue weighted by Gasteiger charge is -2.20. The molecule has 4 heteroatoms. The minimum atomic E-state index is 0.966. The number of hydrogen-bond acceptors (Lipinski definition) is 4. The second-order valence-corrected chi connectivity index (χ2v) is 6.36. The highest BCUT2D eigenvalue weighted by atomic mass is 15.1. The van der Waals surface area contributed by atoms with Crippen LogP contribution in [0.25, 0.3) is 22.2 Å². The molecule has 1 aliphatic rings. The number of anilines is 2. The van der Waals surface area contributed by atoms with E-state index in [2.05, 4.69) is 46.4 Å². The molecule has 0 saturated carbocycles. The smallest absolute Gasteiger partial charge is 0.0933 e. The Balaban J connectivity index is 1.87. The molecule has 0 radical (unpaired) electrons. The van der Waals surface area contributed by atoms with Gasteiger partial charge in [-0.1, -0.05) is 12.1 Å². The Morgan fingerprint density at radius 2 is 1.92 bits per heavy atom. The molecule has 0 aliphatic carbocycles. The number of pyridine rings is 2. The fourth-order valence-corrected chi connectivity index (χ4v) is 3.54. The van der Waals surface area contributed by atoms with Crippen LogP contribution >= 0.6 is 0 Å². The number of nitrogens with one attached hydrogen (secondary N) is 1. The van der Waals surface area contributed by atoms with Crippen LogP contribution in [-0.2, 0) is 0 Å². The third-order valence-electron chi connectivity index (χ3n) is 4.71. The van der Waals surface area contributed by atoms with E-state index in [0.717, 1.165) is 41.2 Å². The van der Waals surface area contributed by atoms with E-state index in [-0.39, 0.29) is 0 Å². The van der Waals surface area contributed by atoms with Crippen molar-refractivity contribution in [1.82, 2.24) is 9.97 Å². The first-order chi connectivity index (χ1) is 11.8. The number of rotatable bonds is 3. The van der Waals surface area contributed by atoms with Gasteiger partial charge in [0, 0.05) is 48.7 Å². The molecule has 3 aromatic rings. The topological polar surface area (TPSA) is 41.1 Å². The van der Waals surface area contributed by atoms with Crippen molar-refractivity contribution >= 4 is 22.3 Å². The summed E-state index contributed by atoms with van der Waals surface area (Å²) in [6, 6.07) is 12.7. The van der Waals surface area contributed by atoms with E-state index in [9.17, 15) is 0 Å². The number of aromatic nitrogens is 2. The summed E-state index contributed by atoms with van der Waals surface area (Å²) >= 11 is 0. The van der Waals surface area contributed by atoms with Gasteiger partial charge in [0.25, 0.3) is 0 Å². The quantitative estimate of drug-likeness (QED) is 0.784. The van der Waals surface area contributed by atoms with Gasteiger partial charge in [-0.15, -0.1) is 0 Å². The number of fused-ring (bicyclic) bond motifs is 1. The van der Waals surface area contributed by atoms with Crippen molar-refractivity contribution in [3.05, 3.63) is 48.3 Å². The molecule has 0 amide bonds. The number of nitrogens with zero attached hydrogens (tertiary/aromatic N) is 3. The summed E-state index contributed by atoms with van der Waals surface area (Å²) in [7, 11) is 1.93.